The molecular formula is C28H19N3. The van der Waals surface area contributed by atoms with E-state index in [1.165, 1.54) is 10.8 Å². The first-order chi connectivity index (χ1) is 15.4. The number of hydrogen-bond acceptors (Lipinski definition) is 3. The van der Waals surface area contributed by atoms with Crippen LogP contribution in [0.3, 0.4) is 0 Å². The van der Waals surface area contributed by atoms with Crippen LogP contribution in [0.15, 0.2) is 116 Å². The molecule has 0 bridgehead atoms. The molecule has 1 aromatic heterocycles. The van der Waals surface area contributed by atoms with Gasteiger partial charge in [-0.15, -0.1) is 0 Å². The van der Waals surface area contributed by atoms with Gasteiger partial charge in [-0.25, -0.2) is 0 Å². The molecule has 0 aliphatic rings. The van der Waals surface area contributed by atoms with Crippen LogP contribution in [0.1, 0.15) is 0 Å². The average Bonchev–Trinajstić information content (AvgIpc) is 2.86. The third-order valence-corrected chi connectivity index (χ3v) is 5.72. The molecule has 6 aromatic rings. The first-order valence-electron chi connectivity index (χ1n) is 10.4. The topological polar surface area (TPSA) is 29.0 Å². The predicted molar refractivity (Wildman–Crippen MR) is 129 cm³/mol. The van der Waals surface area contributed by atoms with Gasteiger partial charge in [0.1, 0.15) is 0 Å². The van der Waals surface area contributed by atoms with Crippen molar-refractivity contribution in [2.45, 2.75) is 0 Å². The molecule has 0 spiro atoms. The van der Waals surface area contributed by atoms with Crippen molar-refractivity contribution in [1.82, 2.24) is 9.97 Å². The van der Waals surface area contributed by atoms with Crippen LogP contribution in [0.2, 0.25) is 0 Å². The van der Waals surface area contributed by atoms with Gasteiger partial charge in [-0.05, 0) is 47.2 Å². The van der Waals surface area contributed by atoms with Gasteiger partial charge in [-0.2, -0.15) is 0 Å². The maximum atomic E-state index is 4.67. The Hall–Kier alpha value is -4.24. The Morgan fingerprint density at radius 2 is 0.935 bits per heavy atom. The van der Waals surface area contributed by atoms with E-state index >= 15 is 0 Å². The molecule has 3 heteroatoms. The van der Waals surface area contributed by atoms with Crippen LogP contribution in [0.4, 0.5) is 17.1 Å². The van der Waals surface area contributed by atoms with Crippen molar-refractivity contribution < 1.29 is 0 Å². The third-order valence-electron chi connectivity index (χ3n) is 5.72. The van der Waals surface area contributed by atoms with Gasteiger partial charge in [-0.3, -0.25) is 9.97 Å². The van der Waals surface area contributed by atoms with E-state index in [1.54, 1.807) is 12.4 Å². The lowest BCUT2D eigenvalue weighted by Crippen LogP contribution is -2.09. The maximum Gasteiger partial charge on any atom is 0.0971 e. The van der Waals surface area contributed by atoms with Crippen molar-refractivity contribution in [3.8, 4) is 0 Å². The highest BCUT2D eigenvalue weighted by Gasteiger charge is 2.15. The first kappa shape index (κ1) is 17.6. The van der Waals surface area contributed by atoms with Gasteiger partial charge in [0.15, 0.2) is 0 Å². The molecule has 0 radical (unpaired) electrons. The summed E-state index contributed by atoms with van der Waals surface area (Å²) in [5, 5.41) is 4.61. The van der Waals surface area contributed by atoms with Crippen molar-refractivity contribution >= 4 is 49.6 Å². The van der Waals surface area contributed by atoms with Crippen LogP contribution in [-0.4, -0.2) is 9.97 Å². The SMILES string of the molecule is c1ccc(N(c2ccccc2)c2ccc3c(c2)c2ccccc2c2nccnc32)cc1. The molecule has 0 aliphatic heterocycles. The lowest BCUT2D eigenvalue weighted by molar-refractivity contribution is 1.29. The van der Waals surface area contributed by atoms with E-state index in [0.29, 0.717) is 0 Å². The fourth-order valence-corrected chi connectivity index (χ4v) is 4.36. The minimum Gasteiger partial charge on any atom is -0.310 e. The molecule has 6 rings (SSSR count). The summed E-state index contributed by atoms with van der Waals surface area (Å²) in [4.78, 5) is 11.6. The lowest BCUT2D eigenvalue weighted by Gasteiger charge is -2.26. The van der Waals surface area contributed by atoms with Gasteiger partial charge < -0.3 is 4.90 Å². The van der Waals surface area contributed by atoms with Crippen molar-refractivity contribution in [2.75, 3.05) is 4.90 Å². The molecule has 1 heterocycles. The molecule has 0 unspecified atom stereocenters. The third kappa shape index (κ3) is 2.90. The van der Waals surface area contributed by atoms with E-state index in [4.69, 9.17) is 0 Å². The Balaban J connectivity index is 1.68. The second-order valence-corrected chi connectivity index (χ2v) is 7.54. The lowest BCUT2D eigenvalue weighted by atomic mass is 9.98. The molecule has 0 atom stereocenters. The Morgan fingerprint density at radius 1 is 0.419 bits per heavy atom. The fraction of sp³-hybridized carbons (Fsp3) is 0. The molecule has 0 N–H and O–H groups in total. The van der Waals surface area contributed by atoms with E-state index in [0.717, 1.165) is 38.9 Å². The molecule has 146 valence electrons. The zero-order chi connectivity index (χ0) is 20.6. The molecule has 5 aromatic carbocycles. The Labute approximate surface area is 180 Å². The minimum atomic E-state index is 0.939. The summed E-state index contributed by atoms with van der Waals surface area (Å²) in [6, 6.07) is 36.0. The Morgan fingerprint density at radius 3 is 1.55 bits per heavy atom. The van der Waals surface area contributed by atoms with Crippen LogP contribution < -0.4 is 4.90 Å². The van der Waals surface area contributed by atoms with E-state index in [2.05, 4.69) is 106 Å². The van der Waals surface area contributed by atoms with Gasteiger partial charge >= 0.3 is 0 Å². The summed E-state index contributed by atoms with van der Waals surface area (Å²) in [6.07, 6.45) is 3.53. The monoisotopic (exact) mass is 397 g/mol. The summed E-state index contributed by atoms with van der Waals surface area (Å²) in [6.45, 7) is 0. The molecular weight excluding hydrogens is 378 g/mol. The van der Waals surface area contributed by atoms with Crippen LogP contribution in [-0.2, 0) is 0 Å². The molecule has 0 fully saturated rings. The Kier molecular flexibility index (Phi) is 4.10. The standard InChI is InChI=1S/C28H19N3/c1-3-9-20(10-4-1)31(21-11-5-2-6-12-21)22-15-16-25-26(19-22)23-13-7-8-14-24(23)27-28(25)30-18-17-29-27/h1-19H. The molecule has 3 nitrogen and oxygen atoms in total. The molecule has 0 saturated carbocycles. The molecule has 0 amide bonds. The van der Waals surface area contributed by atoms with Gasteiger partial charge in [0.25, 0.3) is 0 Å². The van der Waals surface area contributed by atoms with Gasteiger partial charge in [0, 0.05) is 40.2 Å². The van der Waals surface area contributed by atoms with Crippen molar-refractivity contribution in [2.24, 2.45) is 0 Å². The van der Waals surface area contributed by atoms with Crippen LogP contribution >= 0.6 is 0 Å². The second-order valence-electron chi connectivity index (χ2n) is 7.54. The highest BCUT2D eigenvalue weighted by atomic mass is 15.1. The highest BCUT2D eigenvalue weighted by Crippen LogP contribution is 2.39. The summed E-state index contributed by atoms with van der Waals surface area (Å²) in [5.41, 5.74) is 5.24. The minimum absolute atomic E-state index is 0.939. The number of hydrogen-bond donors (Lipinski definition) is 0. The van der Waals surface area contributed by atoms with Crippen molar-refractivity contribution in [3.05, 3.63) is 116 Å². The number of para-hydroxylation sites is 2. The molecule has 0 saturated heterocycles. The van der Waals surface area contributed by atoms with Gasteiger partial charge in [-0.1, -0.05) is 66.7 Å². The number of nitrogens with zero attached hydrogens (tertiary/aromatic N) is 3. The second kappa shape index (κ2) is 7.22. The zero-order valence-corrected chi connectivity index (χ0v) is 16.8. The van der Waals surface area contributed by atoms with Crippen LogP contribution in [0.25, 0.3) is 32.6 Å². The first-order valence-corrected chi connectivity index (χ1v) is 10.4. The average molecular weight is 397 g/mol. The Bertz CT molecular complexity index is 1450. The quantitative estimate of drug-likeness (QED) is 0.291. The summed E-state index contributed by atoms with van der Waals surface area (Å²) >= 11 is 0. The molecule has 0 aliphatic carbocycles. The zero-order valence-electron chi connectivity index (χ0n) is 16.8. The van der Waals surface area contributed by atoms with E-state index in [1.807, 2.05) is 12.1 Å². The van der Waals surface area contributed by atoms with Gasteiger partial charge in [0.05, 0.1) is 11.0 Å². The summed E-state index contributed by atoms with van der Waals surface area (Å²) < 4.78 is 0. The number of benzene rings is 5. The smallest absolute Gasteiger partial charge is 0.0971 e. The van der Waals surface area contributed by atoms with Gasteiger partial charge in [0.2, 0.25) is 0 Å². The largest absolute Gasteiger partial charge is 0.310 e. The van der Waals surface area contributed by atoms with Crippen molar-refractivity contribution in [1.29, 1.82) is 0 Å². The van der Waals surface area contributed by atoms with E-state index < -0.39 is 0 Å². The van der Waals surface area contributed by atoms with Crippen LogP contribution in [0, 0.1) is 0 Å². The summed E-state index contributed by atoms with van der Waals surface area (Å²) in [7, 11) is 0. The van der Waals surface area contributed by atoms with Crippen molar-refractivity contribution in [3.63, 3.8) is 0 Å². The number of fused-ring (bicyclic) bond motifs is 6. The van der Waals surface area contributed by atoms with E-state index in [9.17, 15) is 0 Å². The molecule has 31 heavy (non-hydrogen) atoms. The predicted octanol–water partition coefficient (Wildman–Crippen LogP) is 7.41. The fourth-order valence-electron chi connectivity index (χ4n) is 4.36. The number of aromatic nitrogens is 2. The highest BCUT2D eigenvalue weighted by molar-refractivity contribution is 6.23. The summed E-state index contributed by atoms with van der Waals surface area (Å²) in [5.74, 6) is 0. The maximum absolute atomic E-state index is 4.67. The number of anilines is 3. The number of rotatable bonds is 3. The van der Waals surface area contributed by atoms with E-state index in [-0.39, 0.29) is 0 Å². The van der Waals surface area contributed by atoms with Crippen LogP contribution in [0.5, 0.6) is 0 Å². The normalized spacial score (nSPS) is 11.2.